The predicted octanol–water partition coefficient (Wildman–Crippen LogP) is 1.85. The summed E-state index contributed by atoms with van der Waals surface area (Å²) < 4.78 is 0. The van der Waals surface area contributed by atoms with Gasteiger partial charge in [0.1, 0.15) is 5.00 Å². The van der Waals surface area contributed by atoms with Crippen LogP contribution in [-0.4, -0.2) is 4.98 Å². The topological polar surface area (TPSA) is 38.9 Å². The van der Waals surface area contributed by atoms with Gasteiger partial charge in [0.05, 0.1) is 11.2 Å². The van der Waals surface area contributed by atoms with Gasteiger partial charge in [-0.3, -0.25) is 0 Å². The molecule has 0 aromatic carbocycles. The molecule has 1 aromatic heterocycles. The minimum Gasteiger partial charge on any atom is -0.389 e. The van der Waals surface area contributed by atoms with E-state index in [1.807, 2.05) is 0 Å². The van der Waals surface area contributed by atoms with Crippen LogP contribution in [0.5, 0.6) is 0 Å². The zero-order valence-corrected chi connectivity index (χ0v) is 6.40. The maximum Gasteiger partial charge on any atom is 0.106 e. The summed E-state index contributed by atoms with van der Waals surface area (Å²) in [5, 5.41) is 1.92. The van der Waals surface area contributed by atoms with E-state index in [0.717, 1.165) is 10.0 Å². The summed E-state index contributed by atoms with van der Waals surface area (Å²) in [5.41, 5.74) is 5.47. The summed E-state index contributed by atoms with van der Waals surface area (Å²) in [6, 6.07) is 0. The van der Waals surface area contributed by atoms with Gasteiger partial charge < -0.3 is 5.73 Å². The van der Waals surface area contributed by atoms with E-state index in [2.05, 4.69) is 18.8 Å². The summed E-state index contributed by atoms with van der Waals surface area (Å²) >= 11 is 1.56. The Hall–Kier alpha value is -0.570. The second kappa shape index (κ2) is 2.35. The van der Waals surface area contributed by atoms with E-state index in [9.17, 15) is 0 Å². The van der Waals surface area contributed by atoms with Crippen LogP contribution in [0.1, 0.15) is 24.8 Å². The van der Waals surface area contributed by atoms with E-state index in [1.54, 1.807) is 17.5 Å². The molecule has 3 heteroatoms. The van der Waals surface area contributed by atoms with Gasteiger partial charge in [-0.1, -0.05) is 13.8 Å². The summed E-state index contributed by atoms with van der Waals surface area (Å²) in [6.07, 6.45) is 1.71. The third-order valence-electron chi connectivity index (χ3n) is 1.04. The maximum absolute atomic E-state index is 5.47. The zero-order valence-electron chi connectivity index (χ0n) is 5.59. The summed E-state index contributed by atoms with van der Waals surface area (Å²) in [5.74, 6) is 0.507. The number of aromatic nitrogens is 1. The van der Waals surface area contributed by atoms with E-state index in [1.165, 1.54) is 0 Å². The highest BCUT2D eigenvalue weighted by Gasteiger charge is 2.01. The lowest BCUT2D eigenvalue weighted by Gasteiger charge is -1.94. The molecule has 0 aliphatic rings. The van der Waals surface area contributed by atoms with Crippen molar-refractivity contribution in [2.75, 3.05) is 5.73 Å². The SMILES string of the molecule is CC(C)c1ncc(N)s1. The van der Waals surface area contributed by atoms with Gasteiger partial charge in [0.15, 0.2) is 0 Å². The van der Waals surface area contributed by atoms with Crippen molar-refractivity contribution in [1.29, 1.82) is 0 Å². The zero-order chi connectivity index (χ0) is 6.85. The van der Waals surface area contributed by atoms with E-state index < -0.39 is 0 Å². The number of anilines is 1. The van der Waals surface area contributed by atoms with Crippen LogP contribution in [-0.2, 0) is 0 Å². The molecule has 2 N–H and O–H groups in total. The Labute approximate surface area is 58.7 Å². The molecule has 0 radical (unpaired) electrons. The van der Waals surface area contributed by atoms with Crippen LogP contribution in [0.15, 0.2) is 6.20 Å². The van der Waals surface area contributed by atoms with Gasteiger partial charge in [0, 0.05) is 5.92 Å². The Morgan fingerprint density at radius 3 is 2.56 bits per heavy atom. The van der Waals surface area contributed by atoms with Crippen LogP contribution >= 0.6 is 11.3 Å². The first-order chi connectivity index (χ1) is 4.20. The van der Waals surface area contributed by atoms with Crippen LogP contribution < -0.4 is 5.73 Å². The van der Waals surface area contributed by atoms with E-state index in [4.69, 9.17) is 5.73 Å². The van der Waals surface area contributed by atoms with Crippen molar-refractivity contribution in [2.24, 2.45) is 0 Å². The normalized spacial score (nSPS) is 10.6. The molecule has 0 aliphatic heterocycles. The molecule has 1 rings (SSSR count). The lowest BCUT2D eigenvalue weighted by molar-refractivity contribution is 0.852. The average Bonchev–Trinajstić information content (AvgIpc) is 2.14. The number of rotatable bonds is 1. The van der Waals surface area contributed by atoms with Gasteiger partial charge in [-0.2, -0.15) is 0 Å². The van der Waals surface area contributed by atoms with Crippen molar-refractivity contribution < 1.29 is 0 Å². The highest BCUT2D eigenvalue weighted by atomic mass is 32.1. The van der Waals surface area contributed by atoms with Gasteiger partial charge in [-0.05, 0) is 0 Å². The molecule has 1 aromatic rings. The number of nitrogen functional groups attached to an aromatic ring is 1. The quantitative estimate of drug-likeness (QED) is 0.650. The van der Waals surface area contributed by atoms with Crippen LogP contribution in [0.2, 0.25) is 0 Å². The minimum atomic E-state index is 0.507. The molecule has 0 aliphatic carbocycles. The van der Waals surface area contributed by atoms with Gasteiger partial charge in [-0.25, -0.2) is 4.98 Å². The molecule has 0 bridgehead atoms. The van der Waals surface area contributed by atoms with Crippen LogP contribution in [0.3, 0.4) is 0 Å². The van der Waals surface area contributed by atoms with Crippen molar-refractivity contribution in [2.45, 2.75) is 19.8 Å². The molecule has 9 heavy (non-hydrogen) atoms. The lowest BCUT2D eigenvalue weighted by atomic mass is 10.2. The van der Waals surface area contributed by atoms with Gasteiger partial charge in [-0.15, -0.1) is 11.3 Å². The molecular formula is C6H10N2S. The first-order valence-electron chi connectivity index (χ1n) is 2.91. The fraction of sp³-hybridized carbons (Fsp3) is 0.500. The second-order valence-corrected chi connectivity index (χ2v) is 3.35. The van der Waals surface area contributed by atoms with Crippen LogP contribution in [0.4, 0.5) is 5.00 Å². The van der Waals surface area contributed by atoms with Crippen molar-refractivity contribution in [3.8, 4) is 0 Å². The summed E-state index contributed by atoms with van der Waals surface area (Å²) in [6.45, 7) is 4.22. The van der Waals surface area contributed by atoms with Crippen molar-refractivity contribution >= 4 is 16.3 Å². The number of thiazole rings is 1. The number of hydrogen-bond acceptors (Lipinski definition) is 3. The molecule has 0 saturated carbocycles. The minimum absolute atomic E-state index is 0.507. The molecule has 2 nitrogen and oxygen atoms in total. The number of nitrogens with two attached hydrogens (primary N) is 1. The van der Waals surface area contributed by atoms with Crippen molar-refractivity contribution in [1.82, 2.24) is 4.98 Å². The molecule has 0 amide bonds. The Morgan fingerprint density at radius 2 is 2.33 bits per heavy atom. The largest absolute Gasteiger partial charge is 0.389 e. The number of nitrogens with zero attached hydrogens (tertiary/aromatic N) is 1. The summed E-state index contributed by atoms with van der Waals surface area (Å²) in [4.78, 5) is 4.11. The molecule has 50 valence electrons. The Morgan fingerprint density at radius 1 is 1.67 bits per heavy atom. The Bertz CT molecular complexity index is 193. The van der Waals surface area contributed by atoms with E-state index in [0.29, 0.717) is 5.92 Å². The first kappa shape index (κ1) is 6.55. The second-order valence-electron chi connectivity index (χ2n) is 2.26. The fourth-order valence-electron chi connectivity index (χ4n) is 0.568. The maximum atomic E-state index is 5.47. The Balaban J connectivity index is 2.85. The van der Waals surface area contributed by atoms with Gasteiger partial charge in [0.25, 0.3) is 0 Å². The third-order valence-corrected chi connectivity index (χ3v) is 2.16. The van der Waals surface area contributed by atoms with Crippen LogP contribution in [0.25, 0.3) is 0 Å². The predicted molar refractivity (Wildman–Crippen MR) is 40.6 cm³/mol. The lowest BCUT2D eigenvalue weighted by Crippen LogP contribution is -1.81. The van der Waals surface area contributed by atoms with E-state index >= 15 is 0 Å². The first-order valence-corrected chi connectivity index (χ1v) is 3.73. The molecule has 0 spiro atoms. The summed E-state index contributed by atoms with van der Waals surface area (Å²) in [7, 11) is 0. The smallest absolute Gasteiger partial charge is 0.106 e. The molecule has 0 fully saturated rings. The molecular weight excluding hydrogens is 132 g/mol. The fourth-order valence-corrected chi connectivity index (χ4v) is 1.26. The van der Waals surface area contributed by atoms with Gasteiger partial charge in [0.2, 0.25) is 0 Å². The molecule has 0 unspecified atom stereocenters. The van der Waals surface area contributed by atoms with E-state index in [-0.39, 0.29) is 0 Å². The highest BCUT2D eigenvalue weighted by Crippen LogP contribution is 2.21. The third kappa shape index (κ3) is 1.42. The monoisotopic (exact) mass is 142 g/mol. The average molecular weight is 142 g/mol. The van der Waals surface area contributed by atoms with Gasteiger partial charge >= 0.3 is 0 Å². The molecule has 1 heterocycles. The standard InChI is InChI=1S/C6H10N2S/c1-4(2)6-8-3-5(7)9-6/h3-4H,7H2,1-2H3. The molecule has 0 atom stereocenters. The Kier molecular flexibility index (Phi) is 1.71. The highest BCUT2D eigenvalue weighted by molar-refractivity contribution is 7.15. The van der Waals surface area contributed by atoms with Crippen molar-refractivity contribution in [3.05, 3.63) is 11.2 Å². The van der Waals surface area contributed by atoms with Crippen molar-refractivity contribution in [3.63, 3.8) is 0 Å². The molecule has 0 saturated heterocycles. The number of hydrogen-bond donors (Lipinski definition) is 1. The van der Waals surface area contributed by atoms with Crippen LogP contribution in [0, 0.1) is 0 Å².